The van der Waals surface area contributed by atoms with Gasteiger partial charge in [-0.2, -0.15) is 13.2 Å². The van der Waals surface area contributed by atoms with Crippen molar-refractivity contribution in [2.45, 2.75) is 31.9 Å². The molecule has 4 nitrogen and oxygen atoms in total. The highest BCUT2D eigenvalue weighted by atomic mass is 19.4. The van der Waals surface area contributed by atoms with Crippen LogP contribution < -0.4 is 10.6 Å². The minimum Gasteiger partial charge on any atom is -0.347 e. The first kappa shape index (κ1) is 20.5. The van der Waals surface area contributed by atoms with Gasteiger partial charge in [0.25, 0.3) is 0 Å². The van der Waals surface area contributed by atoms with Crippen molar-refractivity contribution in [1.29, 1.82) is 0 Å². The molecular formula is C20H21F3N2O2. The van der Waals surface area contributed by atoms with E-state index >= 15 is 0 Å². The Morgan fingerprint density at radius 3 is 2.15 bits per heavy atom. The molecule has 2 N–H and O–H groups in total. The predicted octanol–water partition coefficient (Wildman–Crippen LogP) is 3.87. The van der Waals surface area contributed by atoms with Crippen LogP contribution in [-0.2, 0) is 22.4 Å². The zero-order valence-corrected chi connectivity index (χ0v) is 14.7. The summed E-state index contributed by atoms with van der Waals surface area (Å²) in [7, 11) is 0. The van der Waals surface area contributed by atoms with Gasteiger partial charge in [-0.1, -0.05) is 42.5 Å². The molecule has 2 aromatic carbocycles. The van der Waals surface area contributed by atoms with Crippen molar-refractivity contribution in [3.63, 3.8) is 0 Å². The second-order valence-corrected chi connectivity index (χ2v) is 6.15. The van der Waals surface area contributed by atoms with E-state index in [-0.39, 0.29) is 12.3 Å². The molecule has 0 unspecified atom stereocenters. The standard InChI is InChI=1S/C20H21F3N2O2/c21-20(22,23)14-24-19(27)13-16-9-11-17(12-10-16)25-18(26)8-4-7-15-5-2-1-3-6-15/h1-3,5-6,9-12H,4,7-8,13-14H2,(H,24,27)(H,25,26). The number of nitrogens with one attached hydrogen (secondary N) is 2. The number of hydrogen-bond donors (Lipinski definition) is 2. The molecule has 2 aromatic rings. The van der Waals surface area contributed by atoms with Crippen LogP contribution in [0.2, 0.25) is 0 Å². The summed E-state index contributed by atoms with van der Waals surface area (Å²) in [5, 5.41) is 4.59. The summed E-state index contributed by atoms with van der Waals surface area (Å²) in [6.45, 7) is -1.34. The van der Waals surface area contributed by atoms with E-state index in [2.05, 4.69) is 5.32 Å². The normalized spacial score (nSPS) is 11.1. The Kier molecular flexibility index (Phi) is 7.40. The highest BCUT2D eigenvalue weighted by Crippen LogP contribution is 2.14. The van der Waals surface area contributed by atoms with E-state index in [1.54, 1.807) is 24.3 Å². The van der Waals surface area contributed by atoms with E-state index in [1.807, 2.05) is 35.6 Å². The molecule has 144 valence electrons. The quantitative estimate of drug-likeness (QED) is 0.733. The molecular weight excluding hydrogens is 357 g/mol. The molecule has 0 atom stereocenters. The highest BCUT2D eigenvalue weighted by Gasteiger charge is 2.27. The van der Waals surface area contributed by atoms with Crippen LogP contribution in [0.3, 0.4) is 0 Å². The number of rotatable bonds is 8. The molecule has 2 amide bonds. The Hall–Kier alpha value is -2.83. The number of halogens is 3. The summed E-state index contributed by atoms with van der Waals surface area (Å²) in [6.07, 6.45) is -2.64. The maximum absolute atomic E-state index is 12.1. The monoisotopic (exact) mass is 378 g/mol. The first-order chi connectivity index (χ1) is 12.8. The number of benzene rings is 2. The van der Waals surface area contributed by atoms with E-state index in [4.69, 9.17) is 0 Å². The van der Waals surface area contributed by atoms with Crippen LogP contribution in [0, 0.1) is 0 Å². The first-order valence-corrected chi connectivity index (χ1v) is 8.58. The van der Waals surface area contributed by atoms with Gasteiger partial charge in [0.1, 0.15) is 6.54 Å². The lowest BCUT2D eigenvalue weighted by molar-refractivity contribution is -0.138. The Bertz CT molecular complexity index is 744. The van der Waals surface area contributed by atoms with Crippen molar-refractivity contribution < 1.29 is 22.8 Å². The average molecular weight is 378 g/mol. The largest absolute Gasteiger partial charge is 0.405 e. The van der Waals surface area contributed by atoms with Crippen LogP contribution in [0.15, 0.2) is 54.6 Å². The molecule has 0 radical (unpaired) electrons. The zero-order valence-electron chi connectivity index (χ0n) is 14.7. The number of aryl methyl sites for hydroxylation is 1. The van der Waals surface area contributed by atoms with Gasteiger partial charge >= 0.3 is 6.18 Å². The summed E-state index contributed by atoms with van der Waals surface area (Å²) in [5.41, 5.74) is 2.33. The number of carbonyl (C=O) groups is 2. The maximum atomic E-state index is 12.1. The summed E-state index contributed by atoms with van der Waals surface area (Å²) < 4.78 is 36.2. The molecule has 7 heteroatoms. The number of anilines is 1. The number of hydrogen-bond acceptors (Lipinski definition) is 2. The third-order valence-electron chi connectivity index (χ3n) is 3.80. The Morgan fingerprint density at radius 1 is 0.852 bits per heavy atom. The SMILES string of the molecule is O=C(Cc1ccc(NC(=O)CCCc2ccccc2)cc1)NCC(F)(F)F. The zero-order chi connectivity index (χ0) is 19.7. The third-order valence-corrected chi connectivity index (χ3v) is 3.80. The first-order valence-electron chi connectivity index (χ1n) is 8.58. The Balaban J connectivity index is 1.72. The van der Waals surface area contributed by atoms with Crippen LogP contribution >= 0.6 is 0 Å². The van der Waals surface area contributed by atoms with Crippen LogP contribution in [0.4, 0.5) is 18.9 Å². The summed E-state index contributed by atoms with van der Waals surface area (Å²) in [5.74, 6) is -0.813. The number of carbonyl (C=O) groups excluding carboxylic acids is 2. The summed E-state index contributed by atoms with van der Waals surface area (Å²) in [4.78, 5) is 23.4. The minimum absolute atomic E-state index is 0.110. The van der Waals surface area contributed by atoms with Crippen molar-refractivity contribution in [3.8, 4) is 0 Å². The van der Waals surface area contributed by atoms with Gasteiger partial charge in [0.15, 0.2) is 0 Å². The van der Waals surface area contributed by atoms with E-state index < -0.39 is 18.6 Å². The molecule has 27 heavy (non-hydrogen) atoms. The molecule has 0 aliphatic rings. The van der Waals surface area contributed by atoms with Gasteiger partial charge in [0.2, 0.25) is 11.8 Å². The van der Waals surface area contributed by atoms with Crippen LogP contribution in [0.25, 0.3) is 0 Å². The van der Waals surface area contributed by atoms with Crippen molar-refractivity contribution in [3.05, 3.63) is 65.7 Å². The van der Waals surface area contributed by atoms with Crippen LogP contribution in [0.1, 0.15) is 24.0 Å². The van der Waals surface area contributed by atoms with Crippen molar-refractivity contribution in [2.24, 2.45) is 0 Å². The number of alkyl halides is 3. The van der Waals surface area contributed by atoms with Gasteiger partial charge in [-0.3, -0.25) is 9.59 Å². The summed E-state index contributed by atoms with van der Waals surface area (Å²) >= 11 is 0. The molecule has 0 aromatic heterocycles. The fraction of sp³-hybridized carbons (Fsp3) is 0.300. The minimum atomic E-state index is -4.43. The molecule has 0 heterocycles. The predicted molar refractivity (Wildman–Crippen MR) is 97.2 cm³/mol. The van der Waals surface area contributed by atoms with Gasteiger partial charge in [-0.25, -0.2) is 0 Å². The average Bonchev–Trinajstić information content (AvgIpc) is 2.62. The third kappa shape index (κ3) is 8.40. The fourth-order valence-corrected chi connectivity index (χ4v) is 2.47. The van der Waals surface area contributed by atoms with E-state index in [0.29, 0.717) is 17.7 Å². The molecule has 0 aliphatic heterocycles. The molecule has 0 saturated heterocycles. The topological polar surface area (TPSA) is 58.2 Å². The fourth-order valence-electron chi connectivity index (χ4n) is 2.47. The second kappa shape index (κ2) is 9.75. The molecule has 2 rings (SSSR count). The van der Waals surface area contributed by atoms with Gasteiger partial charge in [0.05, 0.1) is 6.42 Å². The molecule has 0 saturated carbocycles. The molecule has 0 aliphatic carbocycles. The van der Waals surface area contributed by atoms with Crippen molar-refractivity contribution in [1.82, 2.24) is 5.32 Å². The second-order valence-electron chi connectivity index (χ2n) is 6.15. The lowest BCUT2D eigenvalue weighted by Gasteiger charge is -2.09. The lowest BCUT2D eigenvalue weighted by Crippen LogP contribution is -2.34. The van der Waals surface area contributed by atoms with Gasteiger partial charge in [-0.05, 0) is 36.1 Å². The van der Waals surface area contributed by atoms with Crippen molar-refractivity contribution in [2.75, 3.05) is 11.9 Å². The van der Waals surface area contributed by atoms with E-state index in [1.165, 1.54) is 5.56 Å². The van der Waals surface area contributed by atoms with Gasteiger partial charge < -0.3 is 10.6 Å². The maximum Gasteiger partial charge on any atom is 0.405 e. The highest BCUT2D eigenvalue weighted by molar-refractivity contribution is 5.90. The Labute approximate surface area is 155 Å². The Morgan fingerprint density at radius 2 is 1.52 bits per heavy atom. The van der Waals surface area contributed by atoms with Crippen LogP contribution in [-0.4, -0.2) is 24.5 Å². The molecule has 0 spiro atoms. The van der Waals surface area contributed by atoms with Crippen molar-refractivity contribution >= 4 is 17.5 Å². The van der Waals surface area contributed by atoms with E-state index in [0.717, 1.165) is 12.8 Å². The lowest BCUT2D eigenvalue weighted by atomic mass is 10.1. The molecule has 0 fully saturated rings. The van der Waals surface area contributed by atoms with Crippen LogP contribution in [0.5, 0.6) is 0 Å². The van der Waals surface area contributed by atoms with Gasteiger partial charge in [0, 0.05) is 12.1 Å². The number of amides is 2. The van der Waals surface area contributed by atoms with E-state index in [9.17, 15) is 22.8 Å². The molecule has 0 bridgehead atoms. The summed E-state index contributed by atoms with van der Waals surface area (Å²) in [6, 6.07) is 16.4. The van der Waals surface area contributed by atoms with Gasteiger partial charge in [-0.15, -0.1) is 0 Å². The smallest absolute Gasteiger partial charge is 0.347 e.